The summed E-state index contributed by atoms with van der Waals surface area (Å²) < 4.78 is 5.54. The molecule has 27 heavy (non-hydrogen) atoms. The van der Waals surface area contributed by atoms with E-state index >= 15 is 0 Å². The van der Waals surface area contributed by atoms with E-state index in [2.05, 4.69) is 26.1 Å². The zero-order valence-corrected chi connectivity index (χ0v) is 16.3. The molecule has 0 aliphatic rings. The Kier molecular flexibility index (Phi) is 5.40. The van der Waals surface area contributed by atoms with Crippen LogP contribution in [0.4, 0.5) is 5.69 Å². The number of anilines is 1. The second-order valence-electron chi connectivity index (χ2n) is 7.40. The first-order valence-electron chi connectivity index (χ1n) is 8.69. The van der Waals surface area contributed by atoms with Gasteiger partial charge in [0.2, 0.25) is 0 Å². The number of halogens is 1. The molecule has 4 nitrogen and oxygen atoms in total. The Balaban J connectivity index is 1.82. The van der Waals surface area contributed by atoms with Gasteiger partial charge in [-0.3, -0.25) is 4.79 Å². The highest BCUT2D eigenvalue weighted by Crippen LogP contribution is 2.30. The van der Waals surface area contributed by atoms with Crippen molar-refractivity contribution in [1.29, 1.82) is 0 Å². The molecule has 2 aromatic carbocycles. The first-order chi connectivity index (χ1) is 12.8. The van der Waals surface area contributed by atoms with Crippen molar-refractivity contribution in [2.75, 3.05) is 5.32 Å². The fraction of sp³-hybridized carbons (Fsp3) is 0.227. The van der Waals surface area contributed by atoms with Crippen LogP contribution in [0.2, 0.25) is 5.02 Å². The summed E-state index contributed by atoms with van der Waals surface area (Å²) in [5.41, 5.74) is 3.02. The third kappa shape index (κ3) is 4.41. The van der Waals surface area contributed by atoms with Crippen molar-refractivity contribution in [1.82, 2.24) is 0 Å². The Morgan fingerprint density at radius 1 is 1.07 bits per heavy atom. The predicted molar refractivity (Wildman–Crippen MR) is 108 cm³/mol. The molecule has 0 radical (unpaired) electrons. The molecule has 2 N–H and O–H groups in total. The van der Waals surface area contributed by atoms with E-state index in [0.717, 1.165) is 11.1 Å². The van der Waals surface area contributed by atoms with Crippen molar-refractivity contribution in [3.8, 4) is 11.3 Å². The molecule has 0 fully saturated rings. The number of carbonyl (C=O) groups is 1. The number of aliphatic hydroxyl groups is 1. The summed E-state index contributed by atoms with van der Waals surface area (Å²) in [5.74, 6) is 0.843. The van der Waals surface area contributed by atoms with Crippen molar-refractivity contribution >= 4 is 23.2 Å². The summed E-state index contributed by atoms with van der Waals surface area (Å²) in [6.45, 7) is 6.22. The Morgan fingerprint density at radius 3 is 2.37 bits per heavy atom. The van der Waals surface area contributed by atoms with Crippen LogP contribution in [0.1, 0.15) is 42.5 Å². The number of nitrogens with one attached hydrogen (secondary N) is 1. The number of rotatable bonds is 4. The fourth-order valence-electron chi connectivity index (χ4n) is 2.71. The van der Waals surface area contributed by atoms with Gasteiger partial charge >= 0.3 is 0 Å². The number of furan rings is 1. The van der Waals surface area contributed by atoms with Crippen LogP contribution in [0.5, 0.6) is 0 Å². The highest BCUT2D eigenvalue weighted by Gasteiger charge is 2.15. The van der Waals surface area contributed by atoms with E-state index in [1.54, 1.807) is 30.3 Å². The maximum Gasteiger partial charge on any atom is 0.255 e. The summed E-state index contributed by atoms with van der Waals surface area (Å²) in [4.78, 5) is 12.6. The highest BCUT2D eigenvalue weighted by atomic mass is 35.5. The standard InChI is InChI=1S/C22H22ClNO3/c1-22(2,3)16-7-4-14(5-8-16)21(26)24-19-12-15(6-10-18(19)23)20-11-9-17(13-25)27-20/h4-12,25H,13H2,1-3H3,(H,24,26). The molecule has 0 spiro atoms. The van der Waals surface area contributed by atoms with Crippen LogP contribution in [-0.4, -0.2) is 11.0 Å². The molecule has 0 atom stereocenters. The Morgan fingerprint density at radius 2 is 1.78 bits per heavy atom. The van der Waals surface area contributed by atoms with Gasteiger partial charge in [-0.1, -0.05) is 44.5 Å². The molecule has 0 unspecified atom stereocenters. The highest BCUT2D eigenvalue weighted by molar-refractivity contribution is 6.34. The normalized spacial score (nSPS) is 11.4. The lowest BCUT2D eigenvalue weighted by Gasteiger charge is -2.19. The van der Waals surface area contributed by atoms with E-state index < -0.39 is 0 Å². The van der Waals surface area contributed by atoms with Crippen LogP contribution in [0.25, 0.3) is 11.3 Å². The molecule has 0 aliphatic carbocycles. The number of hydrogen-bond donors (Lipinski definition) is 2. The topological polar surface area (TPSA) is 62.5 Å². The van der Waals surface area contributed by atoms with E-state index in [0.29, 0.717) is 27.8 Å². The third-order valence-corrected chi connectivity index (χ3v) is 4.66. The van der Waals surface area contributed by atoms with Crippen LogP contribution >= 0.6 is 11.6 Å². The number of aliphatic hydroxyl groups excluding tert-OH is 1. The minimum absolute atomic E-state index is 0.0309. The maximum atomic E-state index is 12.6. The SMILES string of the molecule is CC(C)(C)c1ccc(C(=O)Nc2cc(-c3ccc(CO)o3)ccc2Cl)cc1. The molecule has 1 heterocycles. The summed E-state index contributed by atoms with van der Waals surface area (Å²) in [6.07, 6.45) is 0. The van der Waals surface area contributed by atoms with Crippen LogP contribution in [-0.2, 0) is 12.0 Å². The van der Waals surface area contributed by atoms with E-state index in [1.165, 1.54) is 0 Å². The van der Waals surface area contributed by atoms with Gasteiger partial charge in [-0.2, -0.15) is 0 Å². The predicted octanol–water partition coefficient (Wildman–Crippen LogP) is 5.64. The molecule has 0 saturated heterocycles. The molecule has 3 aromatic rings. The molecule has 140 valence electrons. The maximum absolute atomic E-state index is 12.6. The van der Waals surface area contributed by atoms with Crippen molar-refractivity contribution < 1.29 is 14.3 Å². The molecule has 0 saturated carbocycles. The molecular weight excluding hydrogens is 362 g/mol. The van der Waals surface area contributed by atoms with E-state index in [4.69, 9.17) is 21.1 Å². The lowest BCUT2D eigenvalue weighted by Crippen LogP contribution is -2.14. The minimum Gasteiger partial charge on any atom is -0.459 e. The number of carbonyl (C=O) groups excluding carboxylic acids is 1. The van der Waals surface area contributed by atoms with Crippen molar-refractivity contribution in [3.05, 3.63) is 76.5 Å². The van der Waals surface area contributed by atoms with E-state index in [1.807, 2.05) is 24.3 Å². The monoisotopic (exact) mass is 383 g/mol. The number of amides is 1. The van der Waals surface area contributed by atoms with Crippen molar-refractivity contribution in [2.45, 2.75) is 32.8 Å². The molecular formula is C22H22ClNO3. The zero-order chi connectivity index (χ0) is 19.6. The summed E-state index contributed by atoms with van der Waals surface area (Å²) in [6, 6.07) is 16.3. The summed E-state index contributed by atoms with van der Waals surface area (Å²) in [7, 11) is 0. The van der Waals surface area contributed by atoms with Gasteiger partial charge in [0.15, 0.2) is 0 Å². The fourth-order valence-corrected chi connectivity index (χ4v) is 2.87. The molecule has 5 heteroatoms. The quantitative estimate of drug-likeness (QED) is 0.612. The van der Waals surface area contributed by atoms with Gasteiger partial charge in [-0.05, 0) is 53.4 Å². The van der Waals surface area contributed by atoms with Gasteiger partial charge in [0.25, 0.3) is 5.91 Å². The van der Waals surface area contributed by atoms with Gasteiger partial charge in [0.1, 0.15) is 18.1 Å². The second kappa shape index (κ2) is 7.59. The molecule has 0 bridgehead atoms. The van der Waals surface area contributed by atoms with Gasteiger partial charge in [-0.25, -0.2) is 0 Å². The average Bonchev–Trinajstić information content (AvgIpc) is 3.12. The lowest BCUT2D eigenvalue weighted by molar-refractivity contribution is 0.102. The lowest BCUT2D eigenvalue weighted by atomic mass is 9.87. The third-order valence-electron chi connectivity index (χ3n) is 4.33. The van der Waals surface area contributed by atoms with E-state index in [9.17, 15) is 4.79 Å². The van der Waals surface area contributed by atoms with Crippen LogP contribution in [0, 0.1) is 0 Å². The number of benzene rings is 2. The first-order valence-corrected chi connectivity index (χ1v) is 9.07. The molecule has 1 amide bonds. The summed E-state index contributed by atoms with van der Waals surface area (Å²) >= 11 is 6.25. The number of hydrogen-bond acceptors (Lipinski definition) is 3. The largest absolute Gasteiger partial charge is 0.459 e. The summed E-state index contributed by atoms with van der Waals surface area (Å²) in [5, 5.41) is 12.4. The smallest absolute Gasteiger partial charge is 0.255 e. The van der Waals surface area contributed by atoms with Gasteiger partial charge in [0, 0.05) is 11.1 Å². The van der Waals surface area contributed by atoms with Gasteiger partial charge in [-0.15, -0.1) is 0 Å². The van der Waals surface area contributed by atoms with Crippen molar-refractivity contribution in [3.63, 3.8) is 0 Å². The zero-order valence-electron chi connectivity index (χ0n) is 15.5. The average molecular weight is 384 g/mol. The van der Waals surface area contributed by atoms with Crippen LogP contribution < -0.4 is 5.32 Å². The molecule has 3 rings (SSSR count). The molecule has 0 aliphatic heterocycles. The van der Waals surface area contributed by atoms with Crippen LogP contribution in [0.3, 0.4) is 0 Å². The first kappa shape index (κ1) is 19.2. The Hall–Kier alpha value is -2.56. The van der Waals surface area contributed by atoms with Gasteiger partial charge in [0.05, 0.1) is 10.7 Å². The van der Waals surface area contributed by atoms with E-state index in [-0.39, 0.29) is 17.9 Å². The van der Waals surface area contributed by atoms with Crippen LogP contribution in [0.15, 0.2) is 59.0 Å². The minimum atomic E-state index is -0.231. The Bertz CT molecular complexity index is 952. The van der Waals surface area contributed by atoms with Gasteiger partial charge < -0.3 is 14.8 Å². The Labute approximate surface area is 163 Å². The van der Waals surface area contributed by atoms with Crippen molar-refractivity contribution in [2.24, 2.45) is 0 Å². The molecule has 1 aromatic heterocycles. The second-order valence-corrected chi connectivity index (χ2v) is 7.81.